The molecule has 3 nitrogen and oxygen atoms in total. The fourth-order valence-electron chi connectivity index (χ4n) is 0.797. The summed E-state index contributed by atoms with van der Waals surface area (Å²) in [7, 11) is 0. The maximum absolute atomic E-state index is 10.6. The van der Waals surface area contributed by atoms with Gasteiger partial charge in [0.2, 0.25) is 11.8 Å². The molecule has 1 aliphatic rings. The molecule has 0 unspecified atom stereocenters. The van der Waals surface area contributed by atoms with Crippen LogP contribution in [0.15, 0.2) is 38.1 Å². The van der Waals surface area contributed by atoms with Crippen molar-refractivity contribution in [1.82, 2.24) is 4.90 Å². The van der Waals surface area contributed by atoms with E-state index in [-0.39, 0.29) is 11.8 Å². The van der Waals surface area contributed by atoms with Crippen molar-refractivity contribution in [3.8, 4) is 0 Å². The van der Waals surface area contributed by atoms with Gasteiger partial charge >= 0.3 is 0 Å². The van der Waals surface area contributed by atoms with Gasteiger partial charge in [-0.25, -0.2) is 0 Å². The van der Waals surface area contributed by atoms with Gasteiger partial charge in [-0.2, -0.15) is 0 Å². The Kier molecular flexibility index (Phi) is 5.19. The van der Waals surface area contributed by atoms with Crippen LogP contribution in [0.25, 0.3) is 0 Å². The molecule has 0 N–H and O–H groups in total. The third-order valence-electron chi connectivity index (χ3n) is 1.44. The van der Waals surface area contributed by atoms with E-state index < -0.39 is 0 Å². The molecule has 0 saturated carbocycles. The number of carbonyl (C=O) groups is 2. The predicted octanol–water partition coefficient (Wildman–Crippen LogP) is 1.64. The standard InChI is InChI=1S/C6H7NO2.C4H6/c1-2-7-5(8)3-4-6(7)9;1-3-4-2/h2H,1,3-4H2;3-4H,1-2H2. The van der Waals surface area contributed by atoms with Crippen LogP contribution < -0.4 is 0 Å². The van der Waals surface area contributed by atoms with Gasteiger partial charge in [0.15, 0.2) is 0 Å². The first-order valence-electron chi connectivity index (χ1n) is 3.88. The van der Waals surface area contributed by atoms with Gasteiger partial charge in [0.1, 0.15) is 0 Å². The number of rotatable bonds is 2. The Hall–Kier alpha value is -1.64. The number of hydrogen-bond acceptors (Lipinski definition) is 2. The molecule has 1 heterocycles. The molecule has 0 spiro atoms. The van der Waals surface area contributed by atoms with Crippen molar-refractivity contribution in [2.45, 2.75) is 12.8 Å². The quantitative estimate of drug-likeness (QED) is 0.477. The van der Waals surface area contributed by atoms with Crippen LogP contribution in [0.3, 0.4) is 0 Å². The van der Waals surface area contributed by atoms with E-state index in [0.717, 1.165) is 4.90 Å². The van der Waals surface area contributed by atoms with Crippen molar-refractivity contribution in [2.75, 3.05) is 0 Å². The fourth-order valence-corrected chi connectivity index (χ4v) is 0.797. The number of carbonyl (C=O) groups excluding carboxylic acids is 2. The van der Waals surface area contributed by atoms with Gasteiger partial charge in [-0.15, -0.1) is 0 Å². The molecule has 0 aromatic rings. The Bertz CT molecular complexity index is 221. The summed E-state index contributed by atoms with van der Waals surface area (Å²) < 4.78 is 0. The van der Waals surface area contributed by atoms with Crippen LogP contribution in [0, 0.1) is 0 Å². The van der Waals surface area contributed by atoms with E-state index in [0.29, 0.717) is 12.8 Å². The minimum Gasteiger partial charge on any atom is -0.274 e. The van der Waals surface area contributed by atoms with Crippen molar-refractivity contribution >= 4 is 11.8 Å². The lowest BCUT2D eigenvalue weighted by molar-refractivity contribution is -0.135. The summed E-state index contributed by atoms with van der Waals surface area (Å²) in [6, 6.07) is 0. The number of hydrogen-bond donors (Lipinski definition) is 0. The van der Waals surface area contributed by atoms with Crippen molar-refractivity contribution in [3.05, 3.63) is 38.1 Å². The lowest BCUT2D eigenvalue weighted by Gasteiger charge is -2.03. The first kappa shape index (κ1) is 11.4. The minimum absolute atomic E-state index is 0.144. The Morgan fingerprint density at radius 1 is 1.00 bits per heavy atom. The fraction of sp³-hybridized carbons (Fsp3) is 0.200. The van der Waals surface area contributed by atoms with E-state index in [4.69, 9.17) is 0 Å². The molecular weight excluding hydrogens is 166 g/mol. The summed E-state index contributed by atoms with van der Waals surface area (Å²) in [5.74, 6) is -0.287. The van der Waals surface area contributed by atoms with Crippen molar-refractivity contribution in [2.24, 2.45) is 0 Å². The largest absolute Gasteiger partial charge is 0.274 e. The van der Waals surface area contributed by atoms with E-state index in [1.807, 2.05) is 0 Å². The zero-order chi connectivity index (χ0) is 10.3. The second-order valence-corrected chi connectivity index (χ2v) is 2.31. The smallest absolute Gasteiger partial charge is 0.233 e. The Morgan fingerprint density at radius 2 is 1.38 bits per heavy atom. The van der Waals surface area contributed by atoms with Gasteiger partial charge in [-0.05, 0) is 0 Å². The normalized spacial score (nSPS) is 14.6. The van der Waals surface area contributed by atoms with Gasteiger partial charge in [-0.1, -0.05) is 31.9 Å². The topological polar surface area (TPSA) is 37.4 Å². The third-order valence-corrected chi connectivity index (χ3v) is 1.44. The molecule has 0 aliphatic carbocycles. The van der Waals surface area contributed by atoms with Gasteiger partial charge < -0.3 is 0 Å². The van der Waals surface area contributed by atoms with E-state index in [1.165, 1.54) is 6.20 Å². The van der Waals surface area contributed by atoms with Crippen LogP contribution in [-0.4, -0.2) is 16.7 Å². The molecule has 0 radical (unpaired) electrons. The highest BCUT2D eigenvalue weighted by molar-refractivity contribution is 6.02. The molecule has 1 fully saturated rings. The van der Waals surface area contributed by atoms with Crippen molar-refractivity contribution in [1.29, 1.82) is 0 Å². The second-order valence-electron chi connectivity index (χ2n) is 2.31. The maximum atomic E-state index is 10.6. The van der Waals surface area contributed by atoms with Crippen molar-refractivity contribution < 1.29 is 9.59 Å². The monoisotopic (exact) mass is 179 g/mol. The Morgan fingerprint density at radius 3 is 1.54 bits per heavy atom. The molecule has 1 aliphatic heterocycles. The highest BCUT2D eigenvalue weighted by Gasteiger charge is 2.25. The molecule has 3 heteroatoms. The van der Waals surface area contributed by atoms with Crippen LogP contribution in [-0.2, 0) is 9.59 Å². The van der Waals surface area contributed by atoms with Crippen LogP contribution in [0.5, 0.6) is 0 Å². The predicted molar refractivity (Wildman–Crippen MR) is 51.7 cm³/mol. The zero-order valence-corrected chi connectivity index (χ0v) is 7.53. The Balaban J connectivity index is 0.000000310. The van der Waals surface area contributed by atoms with Crippen LogP contribution in [0.1, 0.15) is 12.8 Å². The molecular formula is C10H13NO2. The summed E-state index contributed by atoms with van der Waals surface area (Å²) in [5, 5.41) is 0. The maximum Gasteiger partial charge on any atom is 0.233 e. The average molecular weight is 179 g/mol. The summed E-state index contributed by atoms with van der Waals surface area (Å²) in [4.78, 5) is 22.4. The summed E-state index contributed by atoms with van der Waals surface area (Å²) in [5.41, 5.74) is 0. The van der Waals surface area contributed by atoms with E-state index in [9.17, 15) is 9.59 Å². The van der Waals surface area contributed by atoms with Gasteiger partial charge in [0.05, 0.1) is 0 Å². The highest BCUT2D eigenvalue weighted by atomic mass is 16.2. The number of amides is 2. The second kappa shape index (κ2) is 5.94. The van der Waals surface area contributed by atoms with Crippen molar-refractivity contribution in [3.63, 3.8) is 0 Å². The molecule has 13 heavy (non-hydrogen) atoms. The number of nitrogens with zero attached hydrogens (tertiary/aromatic N) is 1. The van der Waals surface area contributed by atoms with Gasteiger partial charge in [0.25, 0.3) is 0 Å². The van der Waals surface area contributed by atoms with E-state index >= 15 is 0 Å². The lowest BCUT2D eigenvalue weighted by Crippen LogP contribution is -2.21. The molecule has 70 valence electrons. The van der Waals surface area contributed by atoms with E-state index in [1.54, 1.807) is 12.2 Å². The van der Waals surface area contributed by atoms with Crippen LogP contribution in [0.4, 0.5) is 0 Å². The molecule has 0 bridgehead atoms. The Labute approximate surface area is 78.0 Å². The first-order valence-corrected chi connectivity index (χ1v) is 3.88. The van der Waals surface area contributed by atoms with E-state index in [2.05, 4.69) is 19.7 Å². The number of likely N-dealkylation sites (tertiary alicyclic amines) is 1. The molecule has 2 amide bonds. The molecule has 0 aromatic carbocycles. The minimum atomic E-state index is -0.144. The third kappa shape index (κ3) is 3.51. The average Bonchev–Trinajstić information content (AvgIpc) is 2.46. The lowest BCUT2D eigenvalue weighted by atomic mass is 10.4. The summed E-state index contributed by atoms with van der Waals surface area (Å²) >= 11 is 0. The first-order chi connectivity index (χ1) is 6.17. The highest BCUT2D eigenvalue weighted by Crippen LogP contribution is 2.10. The van der Waals surface area contributed by atoms with Crippen LogP contribution in [0.2, 0.25) is 0 Å². The summed E-state index contributed by atoms with van der Waals surface area (Å²) in [6.07, 6.45) is 5.22. The van der Waals surface area contributed by atoms with Gasteiger partial charge in [0, 0.05) is 19.0 Å². The molecule has 0 atom stereocenters. The zero-order valence-electron chi connectivity index (χ0n) is 7.53. The van der Waals surface area contributed by atoms with Crippen LogP contribution >= 0.6 is 0 Å². The molecule has 1 saturated heterocycles. The molecule has 0 aromatic heterocycles. The van der Waals surface area contributed by atoms with Gasteiger partial charge in [-0.3, -0.25) is 14.5 Å². The molecule has 1 rings (SSSR count). The SMILES string of the molecule is C=CC=C.C=CN1C(=O)CCC1=O. The summed E-state index contributed by atoms with van der Waals surface area (Å²) in [6.45, 7) is 10.0. The number of allylic oxidation sites excluding steroid dienone is 2. The number of imide groups is 1.